The van der Waals surface area contributed by atoms with Crippen molar-refractivity contribution in [1.29, 1.82) is 0 Å². The second kappa shape index (κ2) is 9.94. The number of anilines is 1. The minimum Gasteiger partial charge on any atom is -0.353 e. The molecule has 0 spiro atoms. The fourth-order valence-corrected chi connectivity index (χ4v) is 4.09. The number of benzene rings is 1. The molecule has 7 heteroatoms. The lowest BCUT2D eigenvalue weighted by molar-refractivity contribution is -0.134. The standard InChI is InChI=1S/C24H32ClFN4O/c1-6-16(4)22-27-17(5)18(14-19-20(25)8-7-9-21(19)26)23(28-22)29-10-12-30(13-11-29)24(31)15(2)3/h7-9,15-16H,6,10-14H2,1-5H3. The lowest BCUT2D eigenvalue weighted by Crippen LogP contribution is -2.50. The summed E-state index contributed by atoms with van der Waals surface area (Å²) in [5.74, 6) is 1.71. The Morgan fingerprint density at radius 3 is 2.39 bits per heavy atom. The van der Waals surface area contributed by atoms with Gasteiger partial charge in [-0.25, -0.2) is 14.4 Å². The Morgan fingerprint density at radius 2 is 1.81 bits per heavy atom. The van der Waals surface area contributed by atoms with Gasteiger partial charge in [-0.1, -0.05) is 45.4 Å². The van der Waals surface area contributed by atoms with Crippen LogP contribution in [0.15, 0.2) is 18.2 Å². The van der Waals surface area contributed by atoms with E-state index in [2.05, 4.69) is 18.7 Å². The summed E-state index contributed by atoms with van der Waals surface area (Å²) in [7, 11) is 0. The molecule has 168 valence electrons. The second-order valence-electron chi connectivity index (χ2n) is 8.62. The predicted octanol–water partition coefficient (Wildman–Crippen LogP) is 4.99. The Balaban J connectivity index is 1.97. The van der Waals surface area contributed by atoms with Crippen LogP contribution in [0.1, 0.15) is 62.7 Å². The van der Waals surface area contributed by atoms with Crippen LogP contribution in [0.25, 0.3) is 0 Å². The normalized spacial score (nSPS) is 15.5. The number of hydrogen-bond acceptors (Lipinski definition) is 4. The van der Waals surface area contributed by atoms with E-state index in [1.807, 2.05) is 25.7 Å². The van der Waals surface area contributed by atoms with Gasteiger partial charge in [-0.05, 0) is 25.5 Å². The first-order chi connectivity index (χ1) is 14.7. The van der Waals surface area contributed by atoms with Crippen LogP contribution in [-0.4, -0.2) is 47.0 Å². The van der Waals surface area contributed by atoms with Gasteiger partial charge in [-0.15, -0.1) is 0 Å². The van der Waals surface area contributed by atoms with Crippen molar-refractivity contribution in [2.45, 2.75) is 53.4 Å². The highest BCUT2D eigenvalue weighted by Gasteiger charge is 2.27. The van der Waals surface area contributed by atoms with Gasteiger partial charge in [-0.3, -0.25) is 4.79 Å². The first-order valence-corrected chi connectivity index (χ1v) is 11.4. The molecule has 2 aromatic rings. The molecule has 5 nitrogen and oxygen atoms in total. The van der Waals surface area contributed by atoms with Crippen molar-refractivity contribution in [2.75, 3.05) is 31.1 Å². The smallest absolute Gasteiger partial charge is 0.225 e. The summed E-state index contributed by atoms with van der Waals surface area (Å²) in [5, 5.41) is 0.406. The van der Waals surface area contributed by atoms with E-state index in [1.165, 1.54) is 6.07 Å². The van der Waals surface area contributed by atoms with Crippen LogP contribution in [-0.2, 0) is 11.2 Å². The molecule has 1 aliphatic heterocycles. The highest BCUT2D eigenvalue weighted by Crippen LogP contribution is 2.30. The highest BCUT2D eigenvalue weighted by molar-refractivity contribution is 6.31. The summed E-state index contributed by atoms with van der Waals surface area (Å²) < 4.78 is 14.5. The summed E-state index contributed by atoms with van der Waals surface area (Å²) in [6, 6.07) is 4.75. The van der Waals surface area contributed by atoms with Gasteiger partial charge in [0, 0.05) is 66.3 Å². The monoisotopic (exact) mass is 446 g/mol. The number of aryl methyl sites for hydroxylation is 1. The molecule has 0 radical (unpaired) electrons. The number of piperazine rings is 1. The van der Waals surface area contributed by atoms with Crippen LogP contribution >= 0.6 is 11.6 Å². The molecular weight excluding hydrogens is 415 g/mol. The van der Waals surface area contributed by atoms with Crippen LogP contribution in [0.4, 0.5) is 10.2 Å². The summed E-state index contributed by atoms with van der Waals surface area (Å²) >= 11 is 6.32. The van der Waals surface area contributed by atoms with Gasteiger partial charge in [0.05, 0.1) is 0 Å². The summed E-state index contributed by atoms with van der Waals surface area (Å²) in [4.78, 5) is 26.2. The average Bonchev–Trinajstić information content (AvgIpc) is 2.75. The minimum absolute atomic E-state index is 0.0105. The maximum absolute atomic E-state index is 14.5. The number of hydrogen-bond donors (Lipinski definition) is 0. The maximum Gasteiger partial charge on any atom is 0.225 e. The van der Waals surface area contributed by atoms with Crippen molar-refractivity contribution in [3.05, 3.63) is 51.7 Å². The van der Waals surface area contributed by atoms with Gasteiger partial charge in [0.25, 0.3) is 0 Å². The van der Waals surface area contributed by atoms with Crippen molar-refractivity contribution in [3.8, 4) is 0 Å². The van der Waals surface area contributed by atoms with Crippen LogP contribution in [0.2, 0.25) is 5.02 Å². The van der Waals surface area contributed by atoms with Crippen LogP contribution < -0.4 is 4.90 Å². The third-order valence-corrected chi connectivity index (χ3v) is 6.42. The molecule has 0 N–H and O–H groups in total. The highest BCUT2D eigenvalue weighted by atomic mass is 35.5. The van der Waals surface area contributed by atoms with E-state index in [-0.39, 0.29) is 23.6 Å². The number of carbonyl (C=O) groups is 1. The molecule has 1 saturated heterocycles. The molecule has 1 aromatic carbocycles. The van der Waals surface area contributed by atoms with Gasteiger partial charge in [-0.2, -0.15) is 0 Å². The largest absolute Gasteiger partial charge is 0.353 e. The number of amides is 1. The first-order valence-electron chi connectivity index (χ1n) is 11.1. The Labute approximate surface area is 189 Å². The number of aromatic nitrogens is 2. The maximum atomic E-state index is 14.5. The van der Waals surface area contributed by atoms with E-state index in [0.717, 1.165) is 29.3 Å². The van der Waals surface area contributed by atoms with E-state index in [9.17, 15) is 9.18 Å². The molecule has 0 saturated carbocycles. The van der Waals surface area contributed by atoms with E-state index in [1.54, 1.807) is 12.1 Å². The number of nitrogens with zero attached hydrogens (tertiary/aromatic N) is 4. The third kappa shape index (κ3) is 5.17. The van der Waals surface area contributed by atoms with Crippen molar-refractivity contribution >= 4 is 23.3 Å². The Kier molecular flexibility index (Phi) is 7.52. The fourth-order valence-electron chi connectivity index (χ4n) is 3.86. The topological polar surface area (TPSA) is 49.3 Å². The van der Waals surface area contributed by atoms with Gasteiger partial charge in [0.2, 0.25) is 5.91 Å². The molecule has 1 aliphatic rings. The van der Waals surface area contributed by atoms with E-state index < -0.39 is 0 Å². The zero-order valence-electron chi connectivity index (χ0n) is 19.1. The average molecular weight is 447 g/mol. The Hall–Kier alpha value is -2.21. The lowest BCUT2D eigenvalue weighted by Gasteiger charge is -2.37. The van der Waals surface area contributed by atoms with E-state index in [0.29, 0.717) is 43.2 Å². The molecule has 0 bridgehead atoms. The van der Waals surface area contributed by atoms with Crippen molar-refractivity contribution < 1.29 is 9.18 Å². The molecule has 3 rings (SSSR count). The van der Waals surface area contributed by atoms with E-state index >= 15 is 0 Å². The number of rotatable bonds is 6. The zero-order valence-corrected chi connectivity index (χ0v) is 19.8. The molecule has 1 amide bonds. The summed E-state index contributed by atoms with van der Waals surface area (Å²) in [5.41, 5.74) is 2.20. The molecule has 1 atom stereocenters. The lowest BCUT2D eigenvalue weighted by atomic mass is 10.0. The Morgan fingerprint density at radius 1 is 1.13 bits per heavy atom. The second-order valence-corrected chi connectivity index (χ2v) is 9.03. The predicted molar refractivity (Wildman–Crippen MR) is 123 cm³/mol. The first kappa shape index (κ1) is 23.5. The van der Waals surface area contributed by atoms with Gasteiger partial charge in [0.1, 0.15) is 17.5 Å². The van der Waals surface area contributed by atoms with Crippen molar-refractivity contribution in [3.63, 3.8) is 0 Å². The number of halogens is 2. The third-order valence-electron chi connectivity index (χ3n) is 6.06. The van der Waals surface area contributed by atoms with Crippen molar-refractivity contribution in [2.24, 2.45) is 5.92 Å². The SMILES string of the molecule is CCC(C)c1nc(C)c(Cc2c(F)cccc2Cl)c(N2CCN(C(=O)C(C)C)CC2)n1. The van der Waals surface area contributed by atoms with E-state index in [4.69, 9.17) is 21.6 Å². The zero-order chi connectivity index (χ0) is 22.7. The van der Waals surface area contributed by atoms with Gasteiger partial charge < -0.3 is 9.80 Å². The molecule has 1 fully saturated rings. The summed E-state index contributed by atoms with van der Waals surface area (Å²) in [6.45, 7) is 12.7. The minimum atomic E-state index is -0.323. The van der Waals surface area contributed by atoms with Crippen molar-refractivity contribution in [1.82, 2.24) is 14.9 Å². The molecular formula is C24H32ClFN4O. The van der Waals surface area contributed by atoms with Gasteiger partial charge in [0.15, 0.2) is 0 Å². The quantitative estimate of drug-likeness (QED) is 0.627. The van der Waals surface area contributed by atoms with Crippen LogP contribution in [0, 0.1) is 18.7 Å². The molecule has 31 heavy (non-hydrogen) atoms. The molecule has 2 heterocycles. The summed E-state index contributed by atoms with van der Waals surface area (Å²) in [6.07, 6.45) is 1.27. The molecule has 1 aromatic heterocycles. The number of carbonyl (C=O) groups excluding carboxylic acids is 1. The van der Waals surface area contributed by atoms with Crippen LogP contribution in [0.3, 0.4) is 0 Å². The molecule has 1 unspecified atom stereocenters. The molecule has 0 aliphatic carbocycles. The van der Waals surface area contributed by atoms with Crippen LogP contribution in [0.5, 0.6) is 0 Å². The fraction of sp³-hybridized carbons (Fsp3) is 0.542. The Bertz CT molecular complexity index is 921. The van der Waals surface area contributed by atoms with Gasteiger partial charge >= 0.3 is 0 Å².